The van der Waals surface area contributed by atoms with E-state index < -0.39 is 30.1 Å². The Morgan fingerprint density at radius 3 is 2.36 bits per heavy atom. The molecular formula is C27H25F4N3O4S. The first-order chi connectivity index (χ1) is 18.0. The van der Waals surface area contributed by atoms with E-state index in [9.17, 15) is 32.3 Å². The lowest BCUT2D eigenvalue weighted by Crippen LogP contribution is -2.40. The first kappa shape index (κ1) is 29.4. The number of alkyl halides is 3. The second kappa shape index (κ2) is 12.1. The molecule has 0 fully saturated rings. The molecule has 1 atom stereocenters. The molecule has 0 unspecified atom stereocenters. The molecule has 0 spiro atoms. The number of rotatable bonds is 9. The van der Waals surface area contributed by atoms with E-state index in [0.717, 1.165) is 17.4 Å². The van der Waals surface area contributed by atoms with Crippen molar-refractivity contribution in [2.24, 2.45) is 0 Å². The third-order valence-electron chi connectivity index (χ3n) is 5.47. The van der Waals surface area contributed by atoms with Crippen LogP contribution >= 0.6 is 11.3 Å². The number of carboxylic acid groups (broad SMARTS) is 1. The van der Waals surface area contributed by atoms with Gasteiger partial charge in [0.25, 0.3) is 5.91 Å². The SMILES string of the molecule is C.CCC[C@H](NC(=O)c1ccc(-c2ccc(Nc3nc4ccc(OC(F)(F)F)cc4s3)c(F)c2)cc1)C(=O)O. The molecule has 39 heavy (non-hydrogen) atoms. The molecule has 0 saturated carbocycles. The fraction of sp³-hybridized carbons (Fsp3) is 0.222. The monoisotopic (exact) mass is 563 g/mol. The Bertz CT molecular complexity index is 1470. The molecule has 1 aromatic heterocycles. The Hall–Kier alpha value is -4.19. The first-order valence-corrected chi connectivity index (χ1v) is 12.2. The normalized spacial score (nSPS) is 11.9. The second-order valence-electron chi connectivity index (χ2n) is 8.25. The van der Waals surface area contributed by atoms with Crippen LogP contribution in [0.5, 0.6) is 5.75 Å². The van der Waals surface area contributed by atoms with Gasteiger partial charge in [-0.05, 0) is 53.9 Å². The second-order valence-corrected chi connectivity index (χ2v) is 9.28. The number of aromatic nitrogens is 1. The van der Waals surface area contributed by atoms with Gasteiger partial charge in [-0.1, -0.05) is 50.3 Å². The van der Waals surface area contributed by atoms with Crippen LogP contribution in [0.25, 0.3) is 21.3 Å². The zero-order valence-corrected chi connectivity index (χ0v) is 20.6. The number of benzene rings is 3. The summed E-state index contributed by atoms with van der Waals surface area (Å²) in [5.41, 5.74) is 1.98. The van der Waals surface area contributed by atoms with Gasteiger partial charge in [-0.25, -0.2) is 14.2 Å². The van der Waals surface area contributed by atoms with Crippen LogP contribution in [0.3, 0.4) is 0 Å². The van der Waals surface area contributed by atoms with E-state index in [0.29, 0.717) is 34.2 Å². The van der Waals surface area contributed by atoms with Crippen molar-refractivity contribution in [1.29, 1.82) is 0 Å². The van der Waals surface area contributed by atoms with Crippen molar-refractivity contribution < 1.29 is 37.0 Å². The predicted octanol–water partition coefficient (Wildman–Crippen LogP) is 7.36. The molecule has 0 saturated heterocycles. The number of nitrogens with zero attached hydrogens (tertiary/aromatic N) is 1. The molecule has 206 valence electrons. The summed E-state index contributed by atoms with van der Waals surface area (Å²) in [7, 11) is 0. The van der Waals surface area contributed by atoms with Crippen molar-refractivity contribution >= 4 is 44.2 Å². The van der Waals surface area contributed by atoms with E-state index in [4.69, 9.17) is 0 Å². The maximum atomic E-state index is 14.9. The lowest BCUT2D eigenvalue weighted by Gasteiger charge is -2.13. The number of anilines is 2. The highest BCUT2D eigenvalue weighted by Crippen LogP contribution is 2.34. The fourth-order valence-electron chi connectivity index (χ4n) is 3.67. The summed E-state index contributed by atoms with van der Waals surface area (Å²) in [5.74, 6) is -2.58. The summed E-state index contributed by atoms with van der Waals surface area (Å²) in [5, 5.41) is 14.8. The number of fused-ring (bicyclic) bond motifs is 1. The summed E-state index contributed by atoms with van der Waals surface area (Å²) in [6.45, 7) is 1.82. The van der Waals surface area contributed by atoms with Crippen LogP contribution < -0.4 is 15.4 Å². The van der Waals surface area contributed by atoms with Crippen molar-refractivity contribution in [3.63, 3.8) is 0 Å². The zero-order valence-electron chi connectivity index (χ0n) is 19.8. The summed E-state index contributed by atoms with van der Waals surface area (Å²) >= 11 is 1.04. The van der Waals surface area contributed by atoms with Crippen molar-refractivity contribution in [2.45, 2.75) is 39.6 Å². The maximum Gasteiger partial charge on any atom is 0.573 e. The van der Waals surface area contributed by atoms with Crippen molar-refractivity contribution in [1.82, 2.24) is 10.3 Å². The molecule has 12 heteroatoms. The Balaban J connectivity index is 0.00000420. The standard InChI is InChI=1S/C26H21F4N3O4S.CH4/c1-2-3-21(24(35)36)31-23(34)15-6-4-14(5-7-15)16-8-10-19(18(27)12-16)32-25-33-20-11-9-17(13-22(20)38-25)37-26(28,29)30;/h4-13,21H,2-3H2,1H3,(H,31,34)(H,32,33)(H,35,36);1H4/t21-;/m0./s1. The molecule has 4 aromatic rings. The lowest BCUT2D eigenvalue weighted by atomic mass is 10.0. The molecule has 0 bridgehead atoms. The number of carbonyl (C=O) groups excluding carboxylic acids is 1. The zero-order chi connectivity index (χ0) is 27.4. The van der Waals surface area contributed by atoms with Crippen molar-refractivity contribution in [2.75, 3.05) is 5.32 Å². The van der Waals surface area contributed by atoms with E-state index in [-0.39, 0.29) is 29.6 Å². The number of carbonyl (C=O) groups is 2. The lowest BCUT2D eigenvalue weighted by molar-refractivity contribution is -0.274. The van der Waals surface area contributed by atoms with Crippen LogP contribution in [-0.2, 0) is 4.79 Å². The Morgan fingerprint density at radius 1 is 1.05 bits per heavy atom. The largest absolute Gasteiger partial charge is 0.573 e. The molecule has 0 aliphatic rings. The van der Waals surface area contributed by atoms with E-state index in [1.165, 1.54) is 36.4 Å². The molecular weight excluding hydrogens is 538 g/mol. The highest BCUT2D eigenvalue weighted by Gasteiger charge is 2.31. The Labute approximate surface area is 225 Å². The fourth-order valence-corrected chi connectivity index (χ4v) is 4.58. The van der Waals surface area contributed by atoms with Crippen molar-refractivity contribution in [3.8, 4) is 16.9 Å². The number of aliphatic carboxylic acids is 1. The average molecular weight is 564 g/mol. The van der Waals surface area contributed by atoms with Gasteiger partial charge in [0.2, 0.25) is 0 Å². The van der Waals surface area contributed by atoms with Gasteiger partial charge in [-0.3, -0.25) is 4.79 Å². The summed E-state index contributed by atoms with van der Waals surface area (Å²) in [6, 6.07) is 13.5. The molecule has 0 radical (unpaired) electrons. The summed E-state index contributed by atoms with van der Waals surface area (Å²) in [6.07, 6.45) is -3.90. The highest BCUT2D eigenvalue weighted by atomic mass is 32.1. The third-order valence-corrected chi connectivity index (χ3v) is 6.40. The molecule has 7 nitrogen and oxygen atoms in total. The number of amides is 1. The molecule has 0 aliphatic heterocycles. The molecule has 0 aliphatic carbocycles. The smallest absolute Gasteiger partial charge is 0.480 e. The number of ether oxygens (including phenoxy) is 1. The van der Waals surface area contributed by atoms with Crippen LogP contribution in [0, 0.1) is 5.82 Å². The van der Waals surface area contributed by atoms with Gasteiger partial charge >= 0.3 is 12.3 Å². The van der Waals surface area contributed by atoms with Gasteiger partial charge in [0.15, 0.2) is 5.13 Å². The van der Waals surface area contributed by atoms with Gasteiger partial charge in [-0.15, -0.1) is 13.2 Å². The minimum Gasteiger partial charge on any atom is -0.480 e. The maximum absolute atomic E-state index is 14.9. The first-order valence-electron chi connectivity index (χ1n) is 11.4. The van der Waals surface area contributed by atoms with Gasteiger partial charge in [-0.2, -0.15) is 0 Å². The van der Waals surface area contributed by atoms with Gasteiger partial charge in [0.05, 0.1) is 15.9 Å². The highest BCUT2D eigenvalue weighted by molar-refractivity contribution is 7.22. The van der Waals surface area contributed by atoms with E-state index in [1.807, 2.05) is 6.92 Å². The van der Waals surface area contributed by atoms with Gasteiger partial charge in [0.1, 0.15) is 17.6 Å². The Morgan fingerprint density at radius 2 is 1.74 bits per heavy atom. The van der Waals surface area contributed by atoms with E-state index >= 15 is 0 Å². The average Bonchev–Trinajstić information content (AvgIpc) is 3.25. The van der Waals surface area contributed by atoms with Crippen LogP contribution in [0.4, 0.5) is 28.4 Å². The Kier molecular flexibility index (Phi) is 9.12. The number of hydrogen-bond acceptors (Lipinski definition) is 6. The molecule has 1 heterocycles. The van der Waals surface area contributed by atoms with Crippen molar-refractivity contribution in [3.05, 3.63) is 72.0 Å². The molecule has 3 N–H and O–H groups in total. The topological polar surface area (TPSA) is 101 Å². The summed E-state index contributed by atoms with van der Waals surface area (Å²) < 4.78 is 56.6. The van der Waals surface area contributed by atoms with Crippen LogP contribution in [0.15, 0.2) is 60.7 Å². The summed E-state index contributed by atoms with van der Waals surface area (Å²) in [4.78, 5) is 27.9. The number of halogens is 4. The van der Waals surface area contributed by atoms with E-state index in [1.54, 1.807) is 18.2 Å². The number of nitrogens with one attached hydrogen (secondary N) is 2. The molecule has 1 amide bonds. The van der Waals surface area contributed by atoms with E-state index in [2.05, 4.69) is 20.4 Å². The quantitative estimate of drug-likeness (QED) is 0.184. The van der Waals surface area contributed by atoms with Crippen LogP contribution in [0.1, 0.15) is 37.6 Å². The predicted molar refractivity (Wildman–Crippen MR) is 142 cm³/mol. The van der Waals surface area contributed by atoms with Gasteiger partial charge < -0.3 is 20.5 Å². The van der Waals surface area contributed by atoms with Gasteiger partial charge in [0, 0.05) is 11.6 Å². The van der Waals surface area contributed by atoms with Crippen LogP contribution in [-0.4, -0.2) is 34.4 Å². The number of thiazole rings is 1. The minimum absolute atomic E-state index is 0. The number of carboxylic acids is 1. The third kappa shape index (κ3) is 7.44. The number of hydrogen-bond donors (Lipinski definition) is 3. The van der Waals surface area contributed by atoms with Crippen LogP contribution in [0.2, 0.25) is 0 Å². The molecule has 3 aromatic carbocycles. The minimum atomic E-state index is -4.81. The molecule has 4 rings (SSSR count).